The van der Waals surface area contributed by atoms with Crippen molar-refractivity contribution in [1.82, 2.24) is 15.0 Å². The van der Waals surface area contributed by atoms with Gasteiger partial charge < -0.3 is 4.42 Å². The number of thiophene rings is 1. The minimum absolute atomic E-state index is 0.568. The second-order valence-corrected chi connectivity index (χ2v) is 14.2. The Morgan fingerprint density at radius 2 is 1.00 bits per heavy atom. The van der Waals surface area contributed by atoms with Gasteiger partial charge in [-0.15, -0.1) is 11.3 Å². The molecule has 52 heavy (non-hydrogen) atoms. The van der Waals surface area contributed by atoms with E-state index in [0.717, 1.165) is 60.4 Å². The van der Waals surface area contributed by atoms with Crippen molar-refractivity contribution < 1.29 is 4.42 Å². The van der Waals surface area contributed by atoms with E-state index in [1.807, 2.05) is 35.6 Å². The van der Waals surface area contributed by atoms with Crippen LogP contribution in [0.2, 0.25) is 0 Å². The number of hydrogen-bond acceptors (Lipinski definition) is 5. The van der Waals surface area contributed by atoms with E-state index in [4.69, 9.17) is 19.4 Å². The molecule has 4 nitrogen and oxygen atoms in total. The van der Waals surface area contributed by atoms with Gasteiger partial charge in [0.25, 0.3) is 0 Å². The highest BCUT2D eigenvalue weighted by Gasteiger charge is 2.20. The third-order valence-corrected chi connectivity index (χ3v) is 11.3. The molecule has 242 valence electrons. The average Bonchev–Trinajstić information content (AvgIpc) is 3.79. The number of benzene rings is 8. The van der Waals surface area contributed by atoms with E-state index in [1.165, 1.54) is 31.1 Å². The zero-order valence-corrected chi connectivity index (χ0v) is 28.6. The lowest BCUT2D eigenvalue weighted by atomic mass is 9.97. The number of aromatic nitrogens is 3. The van der Waals surface area contributed by atoms with Crippen molar-refractivity contribution in [2.24, 2.45) is 0 Å². The second kappa shape index (κ2) is 11.4. The normalized spacial score (nSPS) is 11.8. The Kier molecular flexibility index (Phi) is 6.39. The predicted octanol–water partition coefficient (Wildman–Crippen LogP) is 13.1. The monoisotopic (exact) mass is 681 g/mol. The van der Waals surface area contributed by atoms with Crippen molar-refractivity contribution >= 4 is 75.0 Å². The fourth-order valence-corrected chi connectivity index (χ4v) is 8.89. The van der Waals surface area contributed by atoms with Crippen LogP contribution < -0.4 is 0 Å². The van der Waals surface area contributed by atoms with Crippen LogP contribution in [0.1, 0.15) is 0 Å². The van der Waals surface area contributed by atoms with Gasteiger partial charge in [-0.25, -0.2) is 15.0 Å². The summed E-state index contributed by atoms with van der Waals surface area (Å²) in [6.45, 7) is 0. The lowest BCUT2D eigenvalue weighted by Gasteiger charge is -2.13. The van der Waals surface area contributed by atoms with Gasteiger partial charge in [0.1, 0.15) is 11.2 Å². The molecular weight excluding hydrogens is 655 g/mol. The van der Waals surface area contributed by atoms with E-state index in [1.54, 1.807) is 0 Å². The SMILES string of the molecule is c1cc(-c2nc(-c3cccc4c3oc3ccccc34)nc(-c3cccc4ccc5ccccc5c34)n2)cc(-c2cccc3sc4ccccc4c23)c1. The Morgan fingerprint density at radius 3 is 1.94 bits per heavy atom. The predicted molar refractivity (Wildman–Crippen MR) is 217 cm³/mol. The van der Waals surface area contributed by atoms with Gasteiger partial charge in [-0.3, -0.25) is 0 Å². The quantitative estimate of drug-likeness (QED) is 0.174. The maximum absolute atomic E-state index is 6.50. The number of hydrogen-bond donors (Lipinski definition) is 0. The molecule has 3 heterocycles. The van der Waals surface area contributed by atoms with Crippen molar-refractivity contribution in [3.63, 3.8) is 0 Å². The Balaban J connectivity index is 1.17. The summed E-state index contributed by atoms with van der Waals surface area (Å²) in [6.07, 6.45) is 0. The van der Waals surface area contributed by atoms with Crippen LogP contribution in [0.5, 0.6) is 0 Å². The summed E-state index contributed by atoms with van der Waals surface area (Å²) in [5, 5.41) is 9.24. The molecule has 0 saturated heterocycles. The van der Waals surface area contributed by atoms with Gasteiger partial charge in [-0.1, -0.05) is 133 Å². The van der Waals surface area contributed by atoms with Gasteiger partial charge in [-0.05, 0) is 57.6 Å². The number of furan rings is 1. The van der Waals surface area contributed by atoms with Gasteiger partial charge in [0.15, 0.2) is 17.5 Å². The highest BCUT2D eigenvalue weighted by molar-refractivity contribution is 7.25. The summed E-state index contributed by atoms with van der Waals surface area (Å²) in [6, 6.07) is 57.4. The largest absolute Gasteiger partial charge is 0.455 e. The van der Waals surface area contributed by atoms with Gasteiger partial charge in [0.2, 0.25) is 0 Å². The molecule has 0 fully saturated rings. The minimum Gasteiger partial charge on any atom is -0.455 e. The van der Waals surface area contributed by atoms with Crippen LogP contribution in [0, 0.1) is 0 Å². The van der Waals surface area contributed by atoms with Crippen molar-refractivity contribution in [3.05, 3.63) is 164 Å². The van der Waals surface area contributed by atoms with Crippen molar-refractivity contribution in [2.75, 3.05) is 0 Å². The van der Waals surface area contributed by atoms with Crippen LogP contribution in [0.15, 0.2) is 168 Å². The molecule has 3 aromatic heterocycles. The number of rotatable bonds is 4. The van der Waals surface area contributed by atoms with Crippen LogP contribution in [-0.4, -0.2) is 15.0 Å². The summed E-state index contributed by atoms with van der Waals surface area (Å²) in [5.74, 6) is 1.79. The Labute approximate surface area is 302 Å². The summed E-state index contributed by atoms with van der Waals surface area (Å²) in [5.41, 5.74) is 6.61. The smallest absolute Gasteiger partial charge is 0.167 e. The maximum Gasteiger partial charge on any atom is 0.167 e. The molecule has 0 saturated carbocycles. The van der Waals surface area contributed by atoms with E-state index in [0.29, 0.717) is 17.5 Å². The molecule has 0 N–H and O–H groups in total. The van der Waals surface area contributed by atoms with E-state index in [2.05, 4.69) is 140 Å². The standard InChI is InChI=1S/C47H27N3OS/c1-2-15-32-28(11-1)25-26-29-12-8-20-37(42(29)32)46-48-45(49-47(50-46)38-21-9-19-35-34-16-3-5-22-39(34)51-44(35)38)31-14-7-13-30(27-31)33-18-10-24-41-43(33)36-17-4-6-23-40(36)52-41/h1-27H. The zero-order chi connectivity index (χ0) is 34.2. The van der Waals surface area contributed by atoms with Crippen LogP contribution in [0.25, 0.3) is 109 Å². The molecule has 0 aliphatic rings. The van der Waals surface area contributed by atoms with Gasteiger partial charge >= 0.3 is 0 Å². The third-order valence-electron chi connectivity index (χ3n) is 10.1. The summed E-state index contributed by atoms with van der Waals surface area (Å²) < 4.78 is 9.06. The fourth-order valence-electron chi connectivity index (χ4n) is 7.76. The highest BCUT2D eigenvalue weighted by atomic mass is 32.1. The molecule has 8 aromatic carbocycles. The lowest BCUT2D eigenvalue weighted by Crippen LogP contribution is -2.01. The summed E-state index contributed by atoms with van der Waals surface area (Å²) in [7, 11) is 0. The first-order chi connectivity index (χ1) is 25.8. The van der Waals surface area contributed by atoms with Crippen LogP contribution in [0.4, 0.5) is 0 Å². The summed E-state index contributed by atoms with van der Waals surface area (Å²) in [4.78, 5) is 15.7. The fraction of sp³-hybridized carbons (Fsp3) is 0. The lowest BCUT2D eigenvalue weighted by molar-refractivity contribution is 0.669. The first-order valence-electron chi connectivity index (χ1n) is 17.4. The molecule has 0 bridgehead atoms. The van der Waals surface area contributed by atoms with Crippen molar-refractivity contribution in [2.45, 2.75) is 0 Å². The Hall–Kier alpha value is -6.69. The average molecular weight is 682 g/mol. The third kappa shape index (κ3) is 4.50. The van der Waals surface area contributed by atoms with E-state index in [9.17, 15) is 0 Å². The molecule has 0 spiro atoms. The van der Waals surface area contributed by atoms with Crippen LogP contribution >= 0.6 is 11.3 Å². The summed E-state index contributed by atoms with van der Waals surface area (Å²) >= 11 is 1.83. The van der Waals surface area contributed by atoms with E-state index < -0.39 is 0 Å². The first kappa shape index (κ1) is 29.1. The Bertz CT molecular complexity index is 3210. The molecule has 0 atom stereocenters. The van der Waals surface area contributed by atoms with Crippen LogP contribution in [-0.2, 0) is 0 Å². The first-order valence-corrected chi connectivity index (χ1v) is 18.2. The molecule has 0 aliphatic carbocycles. The van der Waals surface area contributed by atoms with Gasteiger partial charge in [0, 0.05) is 47.5 Å². The Morgan fingerprint density at radius 1 is 0.385 bits per heavy atom. The second-order valence-electron chi connectivity index (χ2n) is 13.1. The maximum atomic E-state index is 6.50. The van der Waals surface area contributed by atoms with Crippen LogP contribution in [0.3, 0.4) is 0 Å². The number of nitrogens with zero attached hydrogens (tertiary/aromatic N) is 3. The zero-order valence-electron chi connectivity index (χ0n) is 27.7. The molecule has 0 unspecified atom stereocenters. The minimum atomic E-state index is 0.568. The van der Waals surface area contributed by atoms with E-state index >= 15 is 0 Å². The van der Waals surface area contributed by atoms with Crippen molar-refractivity contribution in [3.8, 4) is 45.3 Å². The molecule has 0 radical (unpaired) electrons. The number of para-hydroxylation sites is 2. The van der Waals surface area contributed by atoms with E-state index in [-0.39, 0.29) is 0 Å². The van der Waals surface area contributed by atoms with Gasteiger partial charge in [0.05, 0.1) is 5.56 Å². The molecule has 11 rings (SSSR count). The number of fused-ring (bicyclic) bond motifs is 9. The molecule has 11 aromatic rings. The topological polar surface area (TPSA) is 51.8 Å². The molecule has 0 amide bonds. The molecule has 0 aliphatic heterocycles. The highest BCUT2D eigenvalue weighted by Crippen LogP contribution is 2.42. The molecular formula is C47H27N3OS. The van der Waals surface area contributed by atoms with Gasteiger partial charge in [-0.2, -0.15) is 0 Å². The molecule has 5 heteroatoms. The van der Waals surface area contributed by atoms with Crippen molar-refractivity contribution in [1.29, 1.82) is 0 Å².